The molecule has 4 nitrogen and oxygen atoms in total. The Hall–Kier alpha value is -3.19. The van der Waals surface area contributed by atoms with E-state index in [0.29, 0.717) is 43.9 Å². The van der Waals surface area contributed by atoms with E-state index < -0.39 is 11.7 Å². The minimum atomic E-state index is -4.38. The summed E-state index contributed by atoms with van der Waals surface area (Å²) in [6.07, 6.45) is -4.38. The van der Waals surface area contributed by atoms with Crippen molar-refractivity contribution in [3.8, 4) is 11.5 Å². The third-order valence-electron chi connectivity index (χ3n) is 4.73. The number of H-pyrrole nitrogens is 1. The average Bonchev–Trinajstić information content (AvgIpc) is 2.72. The quantitative estimate of drug-likeness (QED) is 0.405. The summed E-state index contributed by atoms with van der Waals surface area (Å²) >= 11 is 6.13. The maximum Gasteiger partial charge on any atom is 0.416 e. The smallest absolute Gasteiger partial charge is 0.416 e. The van der Waals surface area contributed by atoms with Gasteiger partial charge in [-0.3, -0.25) is 4.79 Å². The zero-order valence-corrected chi connectivity index (χ0v) is 16.4. The predicted octanol–water partition coefficient (Wildman–Crippen LogP) is 5.94. The second-order valence-electron chi connectivity index (χ2n) is 6.68. The van der Waals surface area contributed by atoms with Crippen molar-refractivity contribution in [2.75, 3.05) is 7.11 Å². The molecule has 0 saturated carbocycles. The van der Waals surface area contributed by atoms with Crippen molar-refractivity contribution >= 4 is 33.4 Å². The van der Waals surface area contributed by atoms with Crippen molar-refractivity contribution in [3.63, 3.8) is 0 Å². The lowest BCUT2D eigenvalue weighted by atomic mass is 10.1. The van der Waals surface area contributed by atoms with Crippen LogP contribution in [0.4, 0.5) is 13.2 Å². The van der Waals surface area contributed by atoms with E-state index in [2.05, 4.69) is 4.98 Å². The molecule has 0 amide bonds. The Labute approximate surface area is 173 Å². The lowest BCUT2D eigenvalue weighted by Crippen LogP contribution is -2.06. The number of alkyl halides is 3. The maximum absolute atomic E-state index is 12.8. The monoisotopic (exact) mass is 433 g/mol. The van der Waals surface area contributed by atoms with Crippen LogP contribution in [0.5, 0.6) is 11.5 Å². The predicted molar refractivity (Wildman–Crippen MR) is 109 cm³/mol. The van der Waals surface area contributed by atoms with Crippen LogP contribution in [0.15, 0.2) is 59.4 Å². The van der Waals surface area contributed by atoms with Crippen LogP contribution in [0.3, 0.4) is 0 Å². The Morgan fingerprint density at radius 1 is 0.967 bits per heavy atom. The normalized spacial score (nSPS) is 11.8. The molecule has 0 saturated heterocycles. The van der Waals surface area contributed by atoms with Gasteiger partial charge in [0.15, 0.2) is 5.43 Å². The Kier molecular flexibility index (Phi) is 5.07. The van der Waals surface area contributed by atoms with E-state index in [1.165, 1.54) is 19.2 Å². The van der Waals surface area contributed by atoms with Crippen molar-refractivity contribution in [2.24, 2.45) is 0 Å². The number of hydrogen-bond acceptors (Lipinski definition) is 3. The van der Waals surface area contributed by atoms with E-state index in [9.17, 15) is 18.0 Å². The maximum atomic E-state index is 12.8. The topological polar surface area (TPSA) is 51.3 Å². The summed E-state index contributed by atoms with van der Waals surface area (Å²) in [5, 5.41) is 1.24. The summed E-state index contributed by atoms with van der Waals surface area (Å²) in [6.45, 7) is 0.0882. The van der Waals surface area contributed by atoms with E-state index in [0.717, 1.165) is 12.1 Å². The van der Waals surface area contributed by atoms with Crippen LogP contribution >= 0.6 is 11.6 Å². The molecule has 154 valence electrons. The van der Waals surface area contributed by atoms with Gasteiger partial charge in [0.05, 0.1) is 28.7 Å². The Bertz CT molecular complexity index is 1300. The summed E-state index contributed by atoms with van der Waals surface area (Å²) in [5.74, 6) is 0.909. The summed E-state index contributed by atoms with van der Waals surface area (Å²) < 4.78 is 48.9. The van der Waals surface area contributed by atoms with Crippen molar-refractivity contribution in [2.45, 2.75) is 12.8 Å². The van der Waals surface area contributed by atoms with Gasteiger partial charge >= 0.3 is 6.18 Å². The van der Waals surface area contributed by atoms with Crippen LogP contribution in [0.2, 0.25) is 5.02 Å². The lowest BCUT2D eigenvalue weighted by Gasteiger charge is -2.10. The van der Waals surface area contributed by atoms with Gasteiger partial charge in [0.1, 0.15) is 18.1 Å². The van der Waals surface area contributed by atoms with Gasteiger partial charge < -0.3 is 14.5 Å². The molecule has 3 aromatic carbocycles. The second-order valence-corrected chi connectivity index (χ2v) is 7.08. The molecule has 1 aromatic heterocycles. The van der Waals surface area contributed by atoms with E-state index in [1.807, 2.05) is 0 Å². The molecule has 0 unspecified atom stereocenters. The summed E-state index contributed by atoms with van der Waals surface area (Å²) in [6, 6.07) is 12.9. The van der Waals surface area contributed by atoms with Crippen molar-refractivity contribution in [1.29, 1.82) is 0 Å². The molecular weight excluding hydrogens is 419 g/mol. The summed E-state index contributed by atoms with van der Waals surface area (Å²) in [7, 11) is 1.49. The fourth-order valence-corrected chi connectivity index (χ4v) is 3.40. The first kappa shape index (κ1) is 20.1. The van der Waals surface area contributed by atoms with Gasteiger partial charge in [-0.15, -0.1) is 0 Å². The van der Waals surface area contributed by atoms with E-state index >= 15 is 0 Å². The second kappa shape index (κ2) is 7.57. The highest BCUT2D eigenvalue weighted by Gasteiger charge is 2.29. The van der Waals surface area contributed by atoms with Crippen LogP contribution in [-0.4, -0.2) is 12.1 Å². The van der Waals surface area contributed by atoms with Crippen LogP contribution in [0.25, 0.3) is 21.8 Å². The molecule has 0 aliphatic heterocycles. The summed E-state index contributed by atoms with van der Waals surface area (Å²) in [5.41, 5.74) is 0.819. The lowest BCUT2D eigenvalue weighted by molar-refractivity contribution is -0.137. The number of benzene rings is 3. The summed E-state index contributed by atoms with van der Waals surface area (Å²) in [4.78, 5) is 16.0. The van der Waals surface area contributed by atoms with Crippen LogP contribution < -0.4 is 14.9 Å². The highest BCUT2D eigenvalue weighted by Crippen LogP contribution is 2.30. The van der Waals surface area contributed by atoms with Crippen LogP contribution in [0, 0.1) is 0 Å². The largest absolute Gasteiger partial charge is 0.495 e. The molecule has 1 heterocycles. The van der Waals surface area contributed by atoms with E-state index in [1.54, 1.807) is 30.3 Å². The Balaban J connectivity index is 1.63. The van der Waals surface area contributed by atoms with E-state index in [4.69, 9.17) is 21.1 Å². The van der Waals surface area contributed by atoms with Gasteiger partial charge in [-0.1, -0.05) is 23.7 Å². The third kappa shape index (κ3) is 3.80. The molecule has 4 aromatic rings. The third-order valence-corrected chi connectivity index (χ3v) is 5.02. The van der Waals surface area contributed by atoms with Gasteiger partial charge in [0.25, 0.3) is 0 Å². The number of hydrogen-bond donors (Lipinski definition) is 1. The van der Waals surface area contributed by atoms with Gasteiger partial charge in [-0.05, 0) is 35.9 Å². The molecule has 0 fully saturated rings. The van der Waals surface area contributed by atoms with Gasteiger partial charge in [0.2, 0.25) is 0 Å². The first-order valence-corrected chi connectivity index (χ1v) is 9.26. The minimum absolute atomic E-state index is 0.0882. The molecule has 0 bridgehead atoms. The molecule has 0 atom stereocenters. The Morgan fingerprint density at radius 2 is 1.67 bits per heavy atom. The number of fused-ring (bicyclic) bond motifs is 2. The highest BCUT2D eigenvalue weighted by atomic mass is 35.5. The fraction of sp³-hybridized carbons (Fsp3) is 0.136. The number of nitrogens with one attached hydrogen (secondary N) is 1. The first-order chi connectivity index (χ1) is 14.3. The SMILES string of the molecule is COc1cc2[nH]c3cc(OCc4ccc(C(F)(F)F)cc4)ccc3c(=O)c2cc1Cl. The number of methoxy groups -OCH3 is 1. The number of rotatable bonds is 4. The van der Waals surface area contributed by atoms with Crippen molar-refractivity contribution < 1.29 is 22.6 Å². The van der Waals surface area contributed by atoms with E-state index in [-0.39, 0.29) is 12.0 Å². The van der Waals surface area contributed by atoms with Gasteiger partial charge in [-0.2, -0.15) is 13.2 Å². The van der Waals surface area contributed by atoms with Crippen LogP contribution in [-0.2, 0) is 12.8 Å². The highest BCUT2D eigenvalue weighted by molar-refractivity contribution is 6.32. The molecular formula is C22H15ClF3NO3. The zero-order valence-electron chi connectivity index (χ0n) is 15.6. The number of halogens is 4. The number of pyridine rings is 1. The molecule has 30 heavy (non-hydrogen) atoms. The number of aromatic amines is 1. The molecule has 0 radical (unpaired) electrons. The van der Waals surface area contributed by atoms with Crippen molar-refractivity contribution in [1.82, 2.24) is 4.98 Å². The number of ether oxygens (including phenoxy) is 2. The molecule has 0 spiro atoms. The molecule has 4 rings (SSSR count). The standard InChI is InChI=1S/C22H15ClF3NO3/c1-29-20-10-19-16(9-17(20)23)21(28)15-7-6-14(8-18(15)27-19)30-11-12-2-4-13(5-3-12)22(24,25)26/h2-10H,11H2,1H3,(H,27,28). The Morgan fingerprint density at radius 3 is 2.33 bits per heavy atom. The fourth-order valence-electron chi connectivity index (χ4n) is 3.16. The molecule has 8 heteroatoms. The molecule has 0 aliphatic rings. The molecule has 1 N–H and O–H groups in total. The van der Waals surface area contributed by atoms with Gasteiger partial charge in [-0.25, -0.2) is 0 Å². The van der Waals surface area contributed by atoms with Crippen molar-refractivity contribution in [3.05, 3.63) is 81.0 Å². The zero-order chi connectivity index (χ0) is 21.5. The van der Waals surface area contributed by atoms with Crippen LogP contribution in [0.1, 0.15) is 11.1 Å². The average molecular weight is 434 g/mol. The number of aromatic nitrogens is 1. The molecule has 0 aliphatic carbocycles. The van der Waals surface area contributed by atoms with Gasteiger partial charge in [0, 0.05) is 22.9 Å². The minimum Gasteiger partial charge on any atom is -0.495 e. The first-order valence-electron chi connectivity index (χ1n) is 8.88.